The molecule has 0 spiro atoms. The van der Waals surface area contributed by atoms with Crippen molar-refractivity contribution in [2.45, 2.75) is 24.6 Å². The van der Waals surface area contributed by atoms with Crippen LogP contribution < -0.4 is 19.7 Å². The highest BCUT2D eigenvalue weighted by Gasteiger charge is 2.57. The van der Waals surface area contributed by atoms with Crippen molar-refractivity contribution >= 4 is 17.5 Å². The summed E-state index contributed by atoms with van der Waals surface area (Å²) in [6.07, 6.45) is -3.45. The molecule has 0 saturated carbocycles. The van der Waals surface area contributed by atoms with Crippen LogP contribution in [0.2, 0.25) is 0 Å². The van der Waals surface area contributed by atoms with E-state index in [0.717, 1.165) is 10.8 Å². The van der Waals surface area contributed by atoms with Gasteiger partial charge in [0.05, 0.1) is 5.92 Å². The zero-order chi connectivity index (χ0) is 23.1. The summed E-state index contributed by atoms with van der Waals surface area (Å²) in [5.41, 5.74) is -2.68. The second kappa shape index (κ2) is 8.01. The Kier molecular flexibility index (Phi) is 5.49. The topological polar surface area (TPSA) is 106 Å². The van der Waals surface area contributed by atoms with Gasteiger partial charge in [-0.2, -0.15) is 13.2 Å². The smallest absolute Gasteiger partial charge is 0.424 e. The number of hydrogen-bond acceptors (Lipinski definition) is 6. The molecule has 1 aromatic heterocycles. The molecule has 172 valence electrons. The summed E-state index contributed by atoms with van der Waals surface area (Å²) in [5.74, 6) is -1.11. The monoisotopic (exact) mass is 454 g/mol. The van der Waals surface area contributed by atoms with Crippen molar-refractivity contribution in [2.24, 2.45) is 13.0 Å². The second-order valence-electron chi connectivity index (χ2n) is 7.70. The van der Waals surface area contributed by atoms with Crippen LogP contribution in [0.15, 0.2) is 30.6 Å². The molecule has 0 radical (unpaired) electrons. The van der Waals surface area contributed by atoms with Crippen LogP contribution >= 0.6 is 0 Å². The fourth-order valence-corrected chi connectivity index (χ4v) is 3.84. The molecule has 2 unspecified atom stereocenters. The van der Waals surface area contributed by atoms with Crippen LogP contribution in [0, 0.1) is 5.92 Å². The number of aliphatic hydroxyl groups is 1. The van der Waals surface area contributed by atoms with E-state index in [4.69, 9.17) is 9.47 Å². The second-order valence-corrected chi connectivity index (χ2v) is 7.70. The number of halogens is 3. The maximum absolute atomic E-state index is 13.6. The van der Waals surface area contributed by atoms with Gasteiger partial charge < -0.3 is 29.4 Å². The molecule has 0 bridgehead atoms. The first-order chi connectivity index (χ1) is 15.1. The Labute approximate surface area is 180 Å². The number of imidazole rings is 1. The first kappa shape index (κ1) is 21.9. The van der Waals surface area contributed by atoms with Crippen molar-refractivity contribution in [1.82, 2.24) is 14.9 Å². The third-order valence-electron chi connectivity index (χ3n) is 5.61. The summed E-state index contributed by atoms with van der Waals surface area (Å²) in [5, 5.41) is 12.7. The van der Waals surface area contributed by atoms with Gasteiger partial charge in [0.25, 0.3) is 0 Å². The number of aromatic nitrogens is 2. The Bertz CT molecular complexity index is 1040. The Morgan fingerprint density at radius 2 is 2.06 bits per heavy atom. The highest BCUT2D eigenvalue weighted by atomic mass is 19.4. The van der Waals surface area contributed by atoms with Crippen LogP contribution in [0.5, 0.6) is 11.5 Å². The molecular weight excluding hydrogens is 433 g/mol. The lowest BCUT2D eigenvalue weighted by atomic mass is 9.97. The number of benzene rings is 1. The molecule has 2 N–H and O–H groups in total. The van der Waals surface area contributed by atoms with Gasteiger partial charge in [0, 0.05) is 57.1 Å². The summed E-state index contributed by atoms with van der Waals surface area (Å²) in [6.45, 7) is -0.288. The molecule has 32 heavy (non-hydrogen) atoms. The van der Waals surface area contributed by atoms with Crippen molar-refractivity contribution in [3.63, 3.8) is 0 Å². The highest BCUT2D eigenvalue weighted by Crippen LogP contribution is 2.40. The molecule has 2 amide bonds. The Morgan fingerprint density at radius 3 is 2.75 bits per heavy atom. The van der Waals surface area contributed by atoms with Gasteiger partial charge in [-0.3, -0.25) is 9.59 Å². The van der Waals surface area contributed by atoms with Crippen LogP contribution in [0.3, 0.4) is 0 Å². The number of fused-ring (bicyclic) bond motifs is 1. The van der Waals surface area contributed by atoms with Gasteiger partial charge in [-0.05, 0) is 12.1 Å². The first-order valence-corrected chi connectivity index (χ1v) is 9.85. The SMILES string of the molecule is Cn1ccnc1C(O)(CCNC(=O)C1CC(=O)N(c2ccc3c(c2)OCO3)C1)C(F)(F)F. The largest absolute Gasteiger partial charge is 0.454 e. The number of rotatable bonds is 6. The van der Waals surface area contributed by atoms with E-state index in [-0.39, 0.29) is 25.7 Å². The molecule has 2 aliphatic rings. The lowest BCUT2D eigenvalue weighted by Crippen LogP contribution is -2.47. The van der Waals surface area contributed by atoms with Gasteiger partial charge in [-0.1, -0.05) is 0 Å². The molecule has 9 nitrogen and oxygen atoms in total. The van der Waals surface area contributed by atoms with Gasteiger partial charge >= 0.3 is 6.18 Å². The van der Waals surface area contributed by atoms with Gasteiger partial charge in [0.1, 0.15) is 5.82 Å². The van der Waals surface area contributed by atoms with E-state index in [2.05, 4.69) is 10.3 Å². The molecular formula is C20H21F3N4O5. The zero-order valence-corrected chi connectivity index (χ0v) is 17.1. The van der Waals surface area contributed by atoms with Crippen molar-refractivity contribution in [3.8, 4) is 11.5 Å². The summed E-state index contributed by atoms with van der Waals surface area (Å²) < 4.78 is 52.3. The van der Waals surface area contributed by atoms with Crippen LogP contribution in [-0.4, -0.2) is 52.5 Å². The maximum Gasteiger partial charge on any atom is 0.424 e. The molecule has 12 heteroatoms. The summed E-state index contributed by atoms with van der Waals surface area (Å²) in [6, 6.07) is 4.97. The number of carbonyl (C=O) groups excluding carboxylic acids is 2. The molecule has 0 aliphatic carbocycles. The van der Waals surface area contributed by atoms with Crippen molar-refractivity contribution < 1.29 is 37.3 Å². The number of anilines is 1. The number of nitrogens with one attached hydrogen (secondary N) is 1. The number of nitrogens with zero attached hydrogens (tertiary/aromatic N) is 3. The van der Waals surface area contributed by atoms with Crippen LogP contribution in [0.4, 0.5) is 18.9 Å². The average Bonchev–Trinajstić information content (AvgIpc) is 3.45. The highest BCUT2D eigenvalue weighted by molar-refractivity contribution is 6.00. The molecule has 1 fully saturated rings. The minimum atomic E-state index is -4.99. The van der Waals surface area contributed by atoms with Gasteiger partial charge in [-0.25, -0.2) is 4.98 Å². The van der Waals surface area contributed by atoms with Crippen molar-refractivity contribution in [1.29, 1.82) is 0 Å². The lowest BCUT2D eigenvalue weighted by Gasteiger charge is -2.30. The zero-order valence-electron chi connectivity index (χ0n) is 17.1. The van der Waals surface area contributed by atoms with Gasteiger partial charge in [0.15, 0.2) is 11.5 Å². The quantitative estimate of drug-likeness (QED) is 0.685. The van der Waals surface area contributed by atoms with E-state index >= 15 is 0 Å². The molecule has 3 heterocycles. The van der Waals surface area contributed by atoms with E-state index in [0.29, 0.717) is 17.2 Å². The Hall–Kier alpha value is -3.28. The molecule has 4 rings (SSSR count). The van der Waals surface area contributed by atoms with E-state index in [1.165, 1.54) is 18.1 Å². The normalized spacial score (nSPS) is 19.8. The Morgan fingerprint density at radius 1 is 1.31 bits per heavy atom. The van der Waals surface area contributed by atoms with Crippen LogP contribution in [0.25, 0.3) is 0 Å². The van der Waals surface area contributed by atoms with Crippen molar-refractivity contribution in [3.05, 3.63) is 36.4 Å². The minimum absolute atomic E-state index is 0.0766. The molecule has 1 aromatic carbocycles. The first-order valence-electron chi connectivity index (χ1n) is 9.85. The number of hydrogen-bond donors (Lipinski definition) is 2. The fourth-order valence-electron chi connectivity index (χ4n) is 3.84. The molecule has 2 aliphatic heterocycles. The third kappa shape index (κ3) is 3.85. The predicted molar refractivity (Wildman–Crippen MR) is 104 cm³/mol. The lowest BCUT2D eigenvalue weighted by molar-refractivity contribution is -0.272. The maximum atomic E-state index is 13.6. The number of carbonyl (C=O) groups is 2. The van der Waals surface area contributed by atoms with Crippen LogP contribution in [0.1, 0.15) is 18.7 Å². The standard InChI is InChI=1S/C20H21F3N4O5/c1-26-7-6-25-18(26)19(30,20(21,22)23)4-5-24-17(29)12-8-16(28)27(10-12)13-2-3-14-15(9-13)32-11-31-14/h2-3,6-7,9,12,30H,4-5,8,10-11H2,1H3,(H,24,29). The van der Waals surface area contributed by atoms with Gasteiger partial charge in [0.2, 0.25) is 24.2 Å². The molecule has 1 saturated heterocycles. The van der Waals surface area contributed by atoms with E-state index in [1.807, 2.05) is 0 Å². The molecule has 2 aromatic rings. The van der Waals surface area contributed by atoms with E-state index in [1.54, 1.807) is 18.2 Å². The number of ether oxygens (including phenoxy) is 2. The number of alkyl halides is 3. The number of amides is 2. The summed E-state index contributed by atoms with van der Waals surface area (Å²) in [7, 11) is 1.34. The average molecular weight is 454 g/mol. The Balaban J connectivity index is 1.38. The van der Waals surface area contributed by atoms with Crippen LogP contribution in [-0.2, 0) is 22.2 Å². The van der Waals surface area contributed by atoms with E-state index in [9.17, 15) is 27.9 Å². The fraction of sp³-hybridized carbons (Fsp3) is 0.450. The summed E-state index contributed by atoms with van der Waals surface area (Å²) in [4.78, 5) is 30.0. The summed E-state index contributed by atoms with van der Waals surface area (Å²) >= 11 is 0. The van der Waals surface area contributed by atoms with E-state index < -0.39 is 42.4 Å². The van der Waals surface area contributed by atoms with Crippen molar-refractivity contribution in [2.75, 3.05) is 24.8 Å². The predicted octanol–water partition coefficient (Wildman–Crippen LogP) is 1.46. The van der Waals surface area contributed by atoms with Gasteiger partial charge in [-0.15, -0.1) is 0 Å². The molecule has 2 atom stereocenters. The third-order valence-corrected chi connectivity index (χ3v) is 5.61. The number of aryl methyl sites for hydroxylation is 1. The minimum Gasteiger partial charge on any atom is -0.454 e.